The van der Waals surface area contributed by atoms with E-state index < -0.39 is 11.6 Å². The molecule has 0 bridgehead atoms. The first-order valence-electron chi connectivity index (χ1n) is 6.73. The second-order valence-corrected chi connectivity index (χ2v) is 5.48. The molecular formula is C15H21F2N. The van der Waals surface area contributed by atoms with Gasteiger partial charge >= 0.3 is 0 Å². The van der Waals surface area contributed by atoms with Crippen molar-refractivity contribution >= 4 is 0 Å². The van der Waals surface area contributed by atoms with E-state index in [-0.39, 0.29) is 5.56 Å². The first kappa shape index (κ1) is 13.5. The normalized spacial score (nSPS) is 18.2. The van der Waals surface area contributed by atoms with E-state index in [1.807, 2.05) is 0 Å². The first-order chi connectivity index (χ1) is 8.56. The third-order valence-electron chi connectivity index (χ3n) is 3.84. The first-order valence-corrected chi connectivity index (χ1v) is 6.73. The summed E-state index contributed by atoms with van der Waals surface area (Å²) in [4.78, 5) is 2.30. The van der Waals surface area contributed by atoms with Crippen molar-refractivity contribution in [3.8, 4) is 0 Å². The van der Waals surface area contributed by atoms with Gasteiger partial charge in [-0.25, -0.2) is 8.78 Å². The van der Waals surface area contributed by atoms with Crippen LogP contribution in [-0.2, 0) is 6.42 Å². The second-order valence-electron chi connectivity index (χ2n) is 5.48. The zero-order valence-corrected chi connectivity index (χ0v) is 11.2. The Bertz CT molecular complexity index is 386. The molecule has 1 aromatic carbocycles. The van der Waals surface area contributed by atoms with Crippen molar-refractivity contribution in [1.29, 1.82) is 0 Å². The molecule has 1 fully saturated rings. The molecule has 100 valence electrons. The van der Waals surface area contributed by atoms with Gasteiger partial charge in [0.25, 0.3) is 0 Å². The summed E-state index contributed by atoms with van der Waals surface area (Å²) in [5, 5.41) is 0. The molecule has 18 heavy (non-hydrogen) atoms. The van der Waals surface area contributed by atoms with Crippen LogP contribution in [0.25, 0.3) is 0 Å². The molecule has 1 aromatic rings. The molecule has 0 aliphatic carbocycles. The highest BCUT2D eigenvalue weighted by atomic mass is 19.1. The monoisotopic (exact) mass is 253 g/mol. The number of halogens is 2. The molecule has 3 heteroatoms. The van der Waals surface area contributed by atoms with Crippen LogP contribution in [-0.4, -0.2) is 24.5 Å². The fourth-order valence-corrected chi connectivity index (χ4v) is 2.52. The maximum Gasteiger partial charge on any atom is 0.129 e. The Kier molecular flexibility index (Phi) is 4.33. The predicted molar refractivity (Wildman–Crippen MR) is 69.6 cm³/mol. The topological polar surface area (TPSA) is 3.24 Å². The van der Waals surface area contributed by atoms with Gasteiger partial charge in [0.2, 0.25) is 0 Å². The number of nitrogens with zero attached hydrogens (tertiary/aromatic N) is 1. The minimum atomic E-state index is -0.405. The largest absolute Gasteiger partial charge is 0.303 e. The Balaban J connectivity index is 1.94. The summed E-state index contributed by atoms with van der Waals surface area (Å²) < 4.78 is 27.3. The highest BCUT2D eigenvalue weighted by molar-refractivity contribution is 5.25. The number of piperidine rings is 1. The highest BCUT2D eigenvalue weighted by Gasteiger charge is 2.17. The molecule has 2 rings (SSSR count). The Labute approximate surface area is 108 Å². The lowest BCUT2D eigenvalue weighted by atomic mass is 9.98. The lowest BCUT2D eigenvalue weighted by Gasteiger charge is -2.30. The number of likely N-dealkylation sites (tertiary alicyclic amines) is 1. The van der Waals surface area contributed by atoms with Crippen molar-refractivity contribution in [3.63, 3.8) is 0 Å². The average Bonchev–Trinajstić information content (AvgIpc) is 2.30. The van der Waals surface area contributed by atoms with Gasteiger partial charge in [-0.1, -0.05) is 6.92 Å². The van der Waals surface area contributed by atoms with Crippen LogP contribution in [0, 0.1) is 24.5 Å². The van der Waals surface area contributed by atoms with Crippen LogP contribution in [0.2, 0.25) is 0 Å². The highest BCUT2D eigenvalue weighted by Crippen LogP contribution is 2.19. The third kappa shape index (κ3) is 3.29. The van der Waals surface area contributed by atoms with Gasteiger partial charge in [0.1, 0.15) is 11.6 Å². The van der Waals surface area contributed by atoms with Crippen LogP contribution in [0.1, 0.15) is 30.9 Å². The smallest absolute Gasteiger partial charge is 0.129 e. The average molecular weight is 253 g/mol. The summed E-state index contributed by atoms with van der Waals surface area (Å²) >= 11 is 0. The van der Waals surface area contributed by atoms with E-state index in [1.54, 1.807) is 6.92 Å². The molecule has 1 saturated heterocycles. The minimum absolute atomic E-state index is 0.235. The summed E-state index contributed by atoms with van der Waals surface area (Å²) in [5.41, 5.74) is 0.875. The van der Waals surface area contributed by atoms with E-state index in [4.69, 9.17) is 0 Å². The predicted octanol–water partition coefficient (Wildman–Crippen LogP) is 3.55. The maximum absolute atomic E-state index is 13.7. The van der Waals surface area contributed by atoms with Crippen LogP contribution in [0.4, 0.5) is 8.78 Å². The van der Waals surface area contributed by atoms with Crippen molar-refractivity contribution in [2.75, 3.05) is 19.6 Å². The van der Waals surface area contributed by atoms with Gasteiger partial charge in [0.15, 0.2) is 0 Å². The van der Waals surface area contributed by atoms with E-state index in [0.717, 1.165) is 25.6 Å². The molecule has 0 spiro atoms. The Morgan fingerprint density at radius 2 is 1.72 bits per heavy atom. The standard InChI is InChI=1S/C15H21F2N/c1-11-3-6-18(7-4-11)8-5-13-14(16)9-12(2)10-15(13)17/h9-11H,3-8H2,1-2H3. The maximum atomic E-state index is 13.7. The molecule has 1 nitrogen and oxygen atoms in total. The summed E-state index contributed by atoms with van der Waals surface area (Å²) in [7, 11) is 0. The molecule has 0 saturated carbocycles. The van der Waals surface area contributed by atoms with Crippen molar-refractivity contribution in [2.45, 2.75) is 33.1 Å². The van der Waals surface area contributed by atoms with Crippen LogP contribution in [0.5, 0.6) is 0 Å². The van der Waals surface area contributed by atoms with Crippen molar-refractivity contribution in [3.05, 3.63) is 34.9 Å². The molecule has 1 aliphatic rings. The number of benzene rings is 1. The molecule has 0 N–H and O–H groups in total. The van der Waals surface area contributed by atoms with E-state index in [9.17, 15) is 8.78 Å². The van der Waals surface area contributed by atoms with Crippen LogP contribution in [0.15, 0.2) is 12.1 Å². The van der Waals surface area contributed by atoms with Gasteiger partial charge in [-0.3, -0.25) is 0 Å². The van der Waals surface area contributed by atoms with Crippen molar-refractivity contribution in [1.82, 2.24) is 4.90 Å². The number of aryl methyl sites for hydroxylation is 1. The number of rotatable bonds is 3. The lowest BCUT2D eigenvalue weighted by molar-refractivity contribution is 0.193. The van der Waals surface area contributed by atoms with Gasteiger partial charge in [-0.15, -0.1) is 0 Å². The molecule has 1 heterocycles. The van der Waals surface area contributed by atoms with Gasteiger partial charge in [0.05, 0.1) is 0 Å². The molecule has 1 aliphatic heterocycles. The van der Waals surface area contributed by atoms with E-state index in [0.29, 0.717) is 12.0 Å². The zero-order valence-electron chi connectivity index (χ0n) is 11.2. The van der Waals surface area contributed by atoms with Crippen LogP contribution >= 0.6 is 0 Å². The van der Waals surface area contributed by atoms with E-state index >= 15 is 0 Å². The molecule has 0 aromatic heterocycles. The summed E-state index contributed by atoms with van der Waals surface area (Å²) in [6.07, 6.45) is 2.85. The Morgan fingerprint density at radius 1 is 1.17 bits per heavy atom. The Hall–Kier alpha value is -0.960. The third-order valence-corrected chi connectivity index (χ3v) is 3.84. The quantitative estimate of drug-likeness (QED) is 0.796. The van der Waals surface area contributed by atoms with E-state index in [2.05, 4.69) is 11.8 Å². The zero-order chi connectivity index (χ0) is 13.1. The fraction of sp³-hybridized carbons (Fsp3) is 0.600. The van der Waals surface area contributed by atoms with E-state index in [1.165, 1.54) is 25.0 Å². The van der Waals surface area contributed by atoms with Crippen molar-refractivity contribution < 1.29 is 8.78 Å². The molecule has 0 unspecified atom stereocenters. The van der Waals surface area contributed by atoms with Gasteiger partial charge in [-0.05, 0) is 62.9 Å². The molecule has 0 radical (unpaired) electrons. The number of hydrogen-bond acceptors (Lipinski definition) is 1. The Morgan fingerprint density at radius 3 is 2.28 bits per heavy atom. The number of hydrogen-bond donors (Lipinski definition) is 0. The molecule has 0 atom stereocenters. The summed E-state index contributed by atoms with van der Waals surface area (Å²) in [6, 6.07) is 2.83. The van der Waals surface area contributed by atoms with Gasteiger partial charge < -0.3 is 4.90 Å². The van der Waals surface area contributed by atoms with Crippen LogP contribution < -0.4 is 0 Å². The second kappa shape index (κ2) is 5.79. The SMILES string of the molecule is Cc1cc(F)c(CCN2CCC(C)CC2)c(F)c1. The van der Waals surface area contributed by atoms with Crippen LogP contribution in [0.3, 0.4) is 0 Å². The fourth-order valence-electron chi connectivity index (χ4n) is 2.52. The van der Waals surface area contributed by atoms with Gasteiger partial charge in [0, 0.05) is 12.1 Å². The summed E-state index contributed by atoms with van der Waals surface area (Å²) in [5.74, 6) is -0.0233. The lowest BCUT2D eigenvalue weighted by Crippen LogP contribution is -2.34. The minimum Gasteiger partial charge on any atom is -0.303 e. The van der Waals surface area contributed by atoms with Gasteiger partial charge in [-0.2, -0.15) is 0 Å². The molecule has 0 amide bonds. The molecular weight excluding hydrogens is 232 g/mol. The van der Waals surface area contributed by atoms with Crippen molar-refractivity contribution in [2.24, 2.45) is 5.92 Å². The summed E-state index contributed by atoms with van der Waals surface area (Å²) in [6.45, 7) is 6.83.